The Morgan fingerprint density at radius 2 is 1.70 bits per heavy atom. The van der Waals surface area contributed by atoms with E-state index in [1.54, 1.807) is 4.68 Å². The quantitative estimate of drug-likeness (QED) is 0.623. The Kier molecular flexibility index (Phi) is 6.69. The minimum absolute atomic E-state index is 0.0130. The zero-order valence-electron chi connectivity index (χ0n) is 22.1. The highest BCUT2D eigenvalue weighted by Gasteiger charge is 2.33. The molecule has 1 aromatic heterocycles. The van der Waals surface area contributed by atoms with Gasteiger partial charge in [-0.3, -0.25) is 14.3 Å². The number of ether oxygens (including phenoxy) is 2. The van der Waals surface area contributed by atoms with Gasteiger partial charge in [-0.15, -0.1) is 0 Å². The van der Waals surface area contributed by atoms with Gasteiger partial charge in [0.15, 0.2) is 5.69 Å². The van der Waals surface area contributed by atoms with E-state index in [1.165, 1.54) is 24.0 Å². The number of aryl methyl sites for hydroxylation is 2. The lowest BCUT2D eigenvalue weighted by Gasteiger charge is -2.35. The lowest BCUT2D eigenvalue weighted by Crippen LogP contribution is -2.48. The minimum atomic E-state index is -0.0316. The molecule has 2 saturated heterocycles. The van der Waals surface area contributed by atoms with Gasteiger partial charge in [-0.05, 0) is 75.6 Å². The highest BCUT2D eigenvalue weighted by molar-refractivity contribution is 5.94. The number of hydrogen-bond donors (Lipinski definition) is 0. The van der Waals surface area contributed by atoms with Gasteiger partial charge in [0.2, 0.25) is 5.91 Å². The van der Waals surface area contributed by atoms with E-state index in [4.69, 9.17) is 14.6 Å². The first-order chi connectivity index (χ1) is 17.9. The van der Waals surface area contributed by atoms with E-state index in [1.807, 2.05) is 23.6 Å². The first-order valence-corrected chi connectivity index (χ1v) is 14.0. The van der Waals surface area contributed by atoms with Crippen molar-refractivity contribution in [2.24, 2.45) is 0 Å². The number of benzene rings is 1. The normalized spacial score (nSPS) is 23.7. The standard InChI is InChI=1S/C29H38N4O4/c1-19-16-32(17-20(2)36-19)29(35)28-25-7-4-8-26(25)33(30-28)18-27(34)31-13-11-23(12-14-31)37-24-10-9-21-5-3-6-22(21)15-24/h9-10,15,19-20,23H,3-8,11-14,16-18H2,1-2H3/t19-,20+. The van der Waals surface area contributed by atoms with Gasteiger partial charge in [0.05, 0.1) is 12.2 Å². The maximum atomic E-state index is 13.4. The molecule has 0 N–H and O–H groups in total. The summed E-state index contributed by atoms with van der Waals surface area (Å²) in [6.07, 6.45) is 8.11. The number of amides is 2. The number of carbonyl (C=O) groups is 2. The van der Waals surface area contributed by atoms with Crippen molar-refractivity contribution in [1.82, 2.24) is 19.6 Å². The van der Waals surface area contributed by atoms with Crippen molar-refractivity contribution in [2.45, 2.75) is 90.1 Å². The zero-order valence-corrected chi connectivity index (χ0v) is 22.1. The van der Waals surface area contributed by atoms with Crippen LogP contribution in [0.3, 0.4) is 0 Å². The molecule has 198 valence electrons. The highest BCUT2D eigenvalue weighted by atomic mass is 16.5. The first kappa shape index (κ1) is 24.5. The van der Waals surface area contributed by atoms with Crippen molar-refractivity contribution in [3.05, 3.63) is 46.3 Å². The molecule has 2 aromatic rings. The highest BCUT2D eigenvalue weighted by Crippen LogP contribution is 2.29. The molecule has 37 heavy (non-hydrogen) atoms. The summed E-state index contributed by atoms with van der Waals surface area (Å²) in [5.41, 5.74) is 5.50. The van der Waals surface area contributed by atoms with Gasteiger partial charge in [0.25, 0.3) is 5.91 Å². The Morgan fingerprint density at radius 3 is 2.49 bits per heavy atom. The third-order valence-corrected chi connectivity index (χ3v) is 8.37. The van der Waals surface area contributed by atoms with Gasteiger partial charge < -0.3 is 19.3 Å². The van der Waals surface area contributed by atoms with E-state index in [0.29, 0.717) is 31.9 Å². The van der Waals surface area contributed by atoms with Crippen molar-refractivity contribution in [3.63, 3.8) is 0 Å². The minimum Gasteiger partial charge on any atom is -0.490 e. The summed E-state index contributed by atoms with van der Waals surface area (Å²) in [5, 5.41) is 4.70. The lowest BCUT2D eigenvalue weighted by molar-refractivity contribution is -0.133. The summed E-state index contributed by atoms with van der Waals surface area (Å²) in [6.45, 7) is 6.72. The Labute approximate surface area is 218 Å². The number of aromatic nitrogens is 2. The molecule has 3 heterocycles. The SMILES string of the molecule is C[C@@H]1CN(C(=O)c2nn(CC(=O)N3CCC(Oc4ccc5c(c4)CCC5)CC3)c3c2CCC3)C[C@H](C)O1. The number of likely N-dealkylation sites (tertiary alicyclic amines) is 1. The van der Waals surface area contributed by atoms with E-state index >= 15 is 0 Å². The second kappa shape index (κ2) is 10.1. The molecule has 1 aromatic carbocycles. The van der Waals surface area contributed by atoms with E-state index in [-0.39, 0.29) is 36.7 Å². The van der Waals surface area contributed by atoms with Crippen LogP contribution in [0.2, 0.25) is 0 Å². The maximum Gasteiger partial charge on any atom is 0.274 e. The van der Waals surface area contributed by atoms with E-state index in [9.17, 15) is 9.59 Å². The van der Waals surface area contributed by atoms with Crippen molar-refractivity contribution in [1.29, 1.82) is 0 Å². The van der Waals surface area contributed by atoms with Crippen LogP contribution in [0.5, 0.6) is 5.75 Å². The predicted molar refractivity (Wildman–Crippen MR) is 139 cm³/mol. The van der Waals surface area contributed by atoms with Crippen LogP contribution in [0.1, 0.15) is 72.4 Å². The van der Waals surface area contributed by atoms with Gasteiger partial charge in [0, 0.05) is 50.3 Å². The predicted octanol–water partition coefficient (Wildman–Crippen LogP) is 3.18. The number of fused-ring (bicyclic) bond motifs is 2. The summed E-state index contributed by atoms with van der Waals surface area (Å²) in [7, 11) is 0. The second-order valence-corrected chi connectivity index (χ2v) is 11.2. The van der Waals surface area contributed by atoms with Crippen LogP contribution in [-0.2, 0) is 41.8 Å². The molecular weight excluding hydrogens is 468 g/mol. The Balaban J connectivity index is 1.07. The molecule has 8 heteroatoms. The fourth-order valence-corrected chi connectivity index (χ4v) is 6.57. The molecule has 0 spiro atoms. The summed E-state index contributed by atoms with van der Waals surface area (Å²) >= 11 is 0. The van der Waals surface area contributed by atoms with Crippen molar-refractivity contribution >= 4 is 11.8 Å². The van der Waals surface area contributed by atoms with Crippen LogP contribution in [0.15, 0.2) is 18.2 Å². The van der Waals surface area contributed by atoms with Crippen molar-refractivity contribution < 1.29 is 19.1 Å². The van der Waals surface area contributed by atoms with Crippen LogP contribution in [0.4, 0.5) is 0 Å². The van der Waals surface area contributed by atoms with Gasteiger partial charge in [-0.25, -0.2) is 0 Å². The molecule has 2 atom stereocenters. The summed E-state index contributed by atoms with van der Waals surface area (Å²) < 4.78 is 13.9. The average molecular weight is 507 g/mol. The fraction of sp³-hybridized carbons (Fsp3) is 0.621. The summed E-state index contributed by atoms with van der Waals surface area (Å²) in [4.78, 5) is 30.4. The van der Waals surface area contributed by atoms with Gasteiger partial charge in [-0.1, -0.05) is 6.07 Å². The first-order valence-electron chi connectivity index (χ1n) is 14.0. The van der Waals surface area contributed by atoms with E-state index in [0.717, 1.165) is 55.5 Å². The Morgan fingerprint density at radius 1 is 0.973 bits per heavy atom. The van der Waals surface area contributed by atoms with E-state index < -0.39 is 0 Å². The molecule has 2 fully saturated rings. The number of hydrogen-bond acceptors (Lipinski definition) is 5. The van der Waals surface area contributed by atoms with E-state index in [2.05, 4.69) is 18.2 Å². The largest absolute Gasteiger partial charge is 0.490 e. The van der Waals surface area contributed by atoms with Crippen molar-refractivity contribution in [2.75, 3.05) is 26.2 Å². The number of carbonyl (C=O) groups excluding carboxylic acids is 2. The molecule has 2 amide bonds. The number of nitrogens with zero attached hydrogens (tertiary/aromatic N) is 4. The molecule has 6 rings (SSSR count). The second-order valence-electron chi connectivity index (χ2n) is 11.2. The van der Waals surface area contributed by atoms with Crippen LogP contribution in [0.25, 0.3) is 0 Å². The van der Waals surface area contributed by atoms with Crippen LogP contribution >= 0.6 is 0 Å². The molecule has 4 aliphatic rings. The monoisotopic (exact) mass is 506 g/mol. The number of morpholine rings is 1. The Bertz CT molecular complexity index is 1170. The molecule has 0 unspecified atom stereocenters. The van der Waals surface area contributed by atoms with Gasteiger partial charge in [-0.2, -0.15) is 5.10 Å². The molecule has 8 nitrogen and oxygen atoms in total. The third-order valence-electron chi connectivity index (χ3n) is 8.37. The molecule has 0 saturated carbocycles. The topological polar surface area (TPSA) is 76.9 Å². The number of rotatable bonds is 5. The molecule has 0 bridgehead atoms. The smallest absolute Gasteiger partial charge is 0.274 e. The van der Waals surface area contributed by atoms with Gasteiger partial charge >= 0.3 is 0 Å². The molecule has 2 aliphatic carbocycles. The lowest BCUT2D eigenvalue weighted by atomic mass is 10.1. The summed E-state index contributed by atoms with van der Waals surface area (Å²) in [6, 6.07) is 6.50. The molecule has 2 aliphatic heterocycles. The van der Waals surface area contributed by atoms with Crippen molar-refractivity contribution in [3.8, 4) is 5.75 Å². The Hall–Kier alpha value is -2.87. The fourth-order valence-electron chi connectivity index (χ4n) is 6.57. The van der Waals surface area contributed by atoms with Gasteiger partial charge in [0.1, 0.15) is 18.4 Å². The molecule has 0 radical (unpaired) electrons. The zero-order chi connectivity index (χ0) is 25.5. The molecular formula is C29H38N4O4. The number of piperidine rings is 1. The van der Waals surface area contributed by atoms with Crippen LogP contribution in [0, 0.1) is 0 Å². The van der Waals surface area contributed by atoms with Crippen LogP contribution < -0.4 is 4.74 Å². The third kappa shape index (κ3) is 5.00. The van der Waals surface area contributed by atoms with Crippen LogP contribution in [-0.4, -0.2) is 75.9 Å². The average Bonchev–Trinajstić information content (AvgIpc) is 3.61. The maximum absolute atomic E-state index is 13.4. The summed E-state index contributed by atoms with van der Waals surface area (Å²) in [5.74, 6) is 0.996.